The van der Waals surface area contributed by atoms with Gasteiger partial charge in [-0.15, -0.1) is 0 Å². The number of amides is 3. The minimum absolute atomic E-state index is 0.0626. The molecular formula is C20H29N3O3. The van der Waals surface area contributed by atoms with Crippen LogP contribution in [0.3, 0.4) is 0 Å². The molecule has 0 unspecified atom stereocenters. The van der Waals surface area contributed by atoms with Gasteiger partial charge in [0.15, 0.2) is 0 Å². The lowest BCUT2D eigenvalue weighted by Gasteiger charge is -2.41. The second-order valence-corrected chi connectivity index (χ2v) is 7.16. The van der Waals surface area contributed by atoms with Crippen molar-refractivity contribution in [2.24, 2.45) is 11.8 Å². The van der Waals surface area contributed by atoms with Crippen molar-refractivity contribution in [2.45, 2.75) is 26.2 Å². The van der Waals surface area contributed by atoms with Crippen molar-refractivity contribution in [1.82, 2.24) is 9.80 Å². The first-order chi connectivity index (χ1) is 12.7. The molecule has 142 valence electrons. The summed E-state index contributed by atoms with van der Waals surface area (Å²) in [5.41, 5.74) is 0.838. The predicted molar refractivity (Wildman–Crippen MR) is 101 cm³/mol. The smallest absolute Gasteiger partial charge is 0.320 e. The van der Waals surface area contributed by atoms with E-state index < -0.39 is 0 Å². The van der Waals surface area contributed by atoms with E-state index >= 15 is 0 Å². The fourth-order valence-corrected chi connectivity index (χ4v) is 3.91. The highest BCUT2D eigenvalue weighted by Gasteiger charge is 2.33. The summed E-state index contributed by atoms with van der Waals surface area (Å²) in [7, 11) is 0. The number of nitrogens with zero attached hydrogens (tertiary/aromatic N) is 2. The first kappa shape index (κ1) is 18.7. The summed E-state index contributed by atoms with van der Waals surface area (Å²) in [6, 6.07) is 9.70. The first-order valence-corrected chi connectivity index (χ1v) is 9.64. The van der Waals surface area contributed by atoms with Crippen LogP contribution >= 0.6 is 0 Å². The highest BCUT2D eigenvalue weighted by molar-refractivity contribution is 5.90. The largest absolute Gasteiger partial charge is 0.378 e. The molecule has 2 heterocycles. The average molecular weight is 359 g/mol. The Hall–Kier alpha value is -2.08. The maximum Gasteiger partial charge on any atom is 0.320 e. The molecule has 0 bridgehead atoms. The SMILES string of the molecule is CC[C@H]1CN(C(=O)N2CCOCC2)CC[C@H]1CC(=O)Nc1ccccc1. The van der Waals surface area contributed by atoms with Crippen molar-refractivity contribution in [1.29, 1.82) is 0 Å². The van der Waals surface area contributed by atoms with E-state index in [1.807, 2.05) is 40.1 Å². The van der Waals surface area contributed by atoms with E-state index in [1.165, 1.54) is 0 Å². The highest BCUT2D eigenvalue weighted by Crippen LogP contribution is 2.30. The monoisotopic (exact) mass is 359 g/mol. The van der Waals surface area contributed by atoms with E-state index in [9.17, 15) is 9.59 Å². The van der Waals surface area contributed by atoms with Crippen LogP contribution in [0.2, 0.25) is 0 Å². The fourth-order valence-electron chi connectivity index (χ4n) is 3.91. The summed E-state index contributed by atoms with van der Waals surface area (Å²) in [6.07, 6.45) is 2.39. The Kier molecular flexibility index (Phi) is 6.50. The van der Waals surface area contributed by atoms with Gasteiger partial charge in [0.1, 0.15) is 0 Å². The molecule has 0 saturated carbocycles. The molecule has 1 aromatic rings. The molecule has 0 spiro atoms. The number of ether oxygens (including phenoxy) is 1. The third-order valence-electron chi connectivity index (χ3n) is 5.47. The van der Waals surface area contributed by atoms with Crippen LogP contribution in [0.15, 0.2) is 30.3 Å². The summed E-state index contributed by atoms with van der Waals surface area (Å²) in [5.74, 6) is 0.764. The normalized spacial score (nSPS) is 23.6. The number of rotatable bonds is 4. The maximum absolute atomic E-state index is 12.7. The molecule has 3 rings (SSSR count). The second kappa shape index (κ2) is 9.03. The topological polar surface area (TPSA) is 61.9 Å². The molecule has 2 aliphatic heterocycles. The van der Waals surface area contributed by atoms with Crippen molar-refractivity contribution in [3.8, 4) is 0 Å². The minimum atomic E-state index is 0.0626. The van der Waals surface area contributed by atoms with Crippen LogP contribution in [-0.2, 0) is 9.53 Å². The third kappa shape index (κ3) is 4.75. The molecule has 2 aliphatic rings. The summed E-state index contributed by atoms with van der Waals surface area (Å²) in [6.45, 7) is 6.23. The Morgan fingerprint density at radius 2 is 1.81 bits per heavy atom. The van der Waals surface area contributed by atoms with E-state index in [0.29, 0.717) is 44.6 Å². The Labute approximate surface area is 155 Å². The Morgan fingerprint density at radius 1 is 1.08 bits per heavy atom. The number of piperidine rings is 1. The van der Waals surface area contributed by atoms with Gasteiger partial charge < -0.3 is 19.9 Å². The number of benzene rings is 1. The highest BCUT2D eigenvalue weighted by atomic mass is 16.5. The fraction of sp³-hybridized carbons (Fsp3) is 0.600. The molecule has 1 N–H and O–H groups in total. The number of para-hydroxylation sites is 1. The number of nitrogens with one attached hydrogen (secondary N) is 1. The van der Waals surface area contributed by atoms with Gasteiger partial charge in [0.25, 0.3) is 0 Å². The minimum Gasteiger partial charge on any atom is -0.378 e. The summed E-state index contributed by atoms with van der Waals surface area (Å²) in [5, 5.41) is 2.98. The van der Waals surface area contributed by atoms with E-state index in [-0.39, 0.29) is 11.9 Å². The molecule has 0 radical (unpaired) electrons. The summed E-state index contributed by atoms with van der Waals surface area (Å²) < 4.78 is 5.33. The summed E-state index contributed by atoms with van der Waals surface area (Å²) >= 11 is 0. The van der Waals surface area contributed by atoms with Crippen LogP contribution in [0.5, 0.6) is 0 Å². The standard InChI is InChI=1S/C20H29N3O3/c1-2-16-15-23(20(25)22-10-12-26-13-11-22)9-8-17(16)14-19(24)21-18-6-4-3-5-7-18/h3-7,16-17H,2,8-15H2,1H3,(H,21,24)/t16-,17-/m0/s1. The number of hydrogen-bond acceptors (Lipinski definition) is 3. The molecule has 1 aromatic carbocycles. The number of anilines is 1. The Bertz CT molecular complexity index is 602. The molecule has 2 atom stereocenters. The lowest BCUT2D eigenvalue weighted by molar-refractivity contribution is -0.117. The van der Waals surface area contributed by atoms with Gasteiger partial charge in [0.05, 0.1) is 13.2 Å². The molecule has 0 aliphatic carbocycles. The number of carbonyl (C=O) groups is 2. The Balaban J connectivity index is 1.52. The molecule has 2 fully saturated rings. The van der Waals surface area contributed by atoms with Crippen LogP contribution in [0.1, 0.15) is 26.2 Å². The molecule has 2 saturated heterocycles. The van der Waals surface area contributed by atoms with Gasteiger partial charge in [-0.3, -0.25) is 4.79 Å². The number of morpholine rings is 1. The van der Waals surface area contributed by atoms with Gasteiger partial charge in [0, 0.05) is 38.3 Å². The molecule has 6 nitrogen and oxygen atoms in total. The van der Waals surface area contributed by atoms with Crippen LogP contribution in [0, 0.1) is 11.8 Å². The molecular weight excluding hydrogens is 330 g/mol. The zero-order chi connectivity index (χ0) is 18.4. The third-order valence-corrected chi connectivity index (χ3v) is 5.47. The lowest BCUT2D eigenvalue weighted by Crippen LogP contribution is -2.52. The van der Waals surface area contributed by atoms with E-state index in [4.69, 9.17) is 4.74 Å². The van der Waals surface area contributed by atoms with Crippen LogP contribution in [0.4, 0.5) is 10.5 Å². The maximum atomic E-state index is 12.7. The van der Waals surface area contributed by atoms with Crippen molar-refractivity contribution in [3.05, 3.63) is 30.3 Å². The van der Waals surface area contributed by atoms with E-state index in [0.717, 1.165) is 31.6 Å². The lowest BCUT2D eigenvalue weighted by atomic mass is 9.81. The van der Waals surface area contributed by atoms with Crippen molar-refractivity contribution < 1.29 is 14.3 Å². The quantitative estimate of drug-likeness (QED) is 0.899. The van der Waals surface area contributed by atoms with Gasteiger partial charge in [-0.25, -0.2) is 4.79 Å². The number of likely N-dealkylation sites (tertiary alicyclic amines) is 1. The predicted octanol–water partition coefficient (Wildman–Crippen LogP) is 2.82. The van der Waals surface area contributed by atoms with Gasteiger partial charge in [0.2, 0.25) is 5.91 Å². The van der Waals surface area contributed by atoms with Crippen molar-refractivity contribution in [3.63, 3.8) is 0 Å². The van der Waals surface area contributed by atoms with Gasteiger partial charge in [-0.1, -0.05) is 31.5 Å². The average Bonchev–Trinajstić information content (AvgIpc) is 2.69. The number of carbonyl (C=O) groups excluding carboxylic acids is 2. The van der Waals surface area contributed by atoms with Gasteiger partial charge in [-0.2, -0.15) is 0 Å². The van der Waals surface area contributed by atoms with Crippen LogP contribution in [0.25, 0.3) is 0 Å². The first-order valence-electron chi connectivity index (χ1n) is 9.64. The molecule has 3 amide bonds. The molecule has 26 heavy (non-hydrogen) atoms. The van der Waals surface area contributed by atoms with Gasteiger partial charge in [-0.05, 0) is 30.4 Å². The van der Waals surface area contributed by atoms with Gasteiger partial charge >= 0.3 is 6.03 Å². The number of hydrogen-bond donors (Lipinski definition) is 1. The second-order valence-electron chi connectivity index (χ2n) is 7.16. The zero-order valence-electron chi connectivity index (χ0n) is 15.5. The van der Waals surface area contributed by atoms with Crippen molar-refractivity contribution in [2.75, 3.05) is 44.7 Å². The summed E-state index contributed by atoms with van der Waals surface area (Å²) in [4.78, 5) is 28.9. The van der Waals surface area contributed by atoms with E-state index in [1.54, 1.807) is 0 Å². The van der Waals surface area contributed by atoms with Crippen LogP contribution in [-0.4, -0.2) is 61.1 Å². The molecule has 6 heteroatoms. The zero-order valence-corrected chi connectivity index (χ0v) is 15.5. The Morgan fingerprint density at radius 3 is 2.50 bits per heavy atom. The molecule has 0 aromatic heterocycles. The van der Waals surface area contributed by atoms with E-state index in [2.05, 4.69) is 12.2 Å². The van der Waals surface area contributed by atoms with Crippen molar-refractivity contribution >= 4 is 17.6 Å². The van der Waals surface area contributed by atoms with Crippen LogP contribution < -0.4 is 5.32 Å². The number of urea groups is 1.